The molecule has 0 aliphatic heterocycles. The SMILES string of the molecule is NNc1nnc(CCc2ccco2)o1. The fourth-order valence-electron chi connectivity index (χ4n) is 1.10. The van der Waals surface area contributed by atoms with Crippen molar-refractivity contribution in [3.63, 3.8) is 0 Å². The van der Waals surface area contributed by atoms with Gasteiger partial charge in [0, 0.05) is 12.8 Å². The summed E-state index contributed by atoms with van der Waals surface area (Å²) in [5.74, 6) is 6.52. The van der Waals surface area contributed by atoms with Gasteiger partial charge in [-0.25, -0.2) is 5.84 Å². The van der Waals surface area contributed by atoms with E-state index < -0.39 is 0 Å². The monoisotopic (exact) mass is 194 g/mol. The van der Waals surface area contributed by atoms with Gasteiger partial charge in [0.1, 0.15) is 5.76 Å². The van der Waals surface area contributed by atoms with Gasteiger partial charge in [-0.2, -0.15) is 0 Å². The molecular weight excluding hydrogens is 184 g/mol. The molecule has 0 radical (unpaired) electrons. The minimum absolute atomic E-state index is 0.222. The summed E-state index contributed by atoms with van der Waals surface area (Å²) < 4.78 is 10.3. The van der Waals surface area contributed by atoms with Crippen molar-refractivity contribution < 1.29 is 8.83 Å². The van der Waals surface area contributed by atoms with Gasteiger partial charge in [-0.3, -0.25) is 5.43 Å². The molecule has 6 nitrogen and oxygen atoms in total. The molecule has 0 amide bonds. The molecule has 0 fully saturated rings. The van der Waals surface area contributed by atoms with Gasteiger partial charge in [-0.1, -0.05) is 5.10 Å². The quantitative estimate of drug-likeness (QED) is 0.551. The van der Waals surface area contributed by atoms with Crippen molar-refractivity contribution in [2.24, 2.45) is 5.84 Å². The van der Waals surface area contributed by atoms with E-state index in [2.05, 4.69) is 15.6 Å². The minimum Gasteiger partial charge on any atom is -0.469 e. The maximum Gasteiger partial charge on any atom is 0.330 e. The highest BCUT2D eigenvalue weighted by Crippen LogP contribution is 2.08. The van der Waals surface area contributed by atoms with E-state index in [4.69, 9.17) is 14.7 Å². The fourth-order valence-corrected chi connectivity index (χ4v) is 1.10. The maximum absolute atomic E-state index is 5.16. The average Bonchev–Trinajstić information content (AvgIpc) is 2.86. The maximum atomic E-state index is 5.16. The number of nitrogens with one attached hydrogen (secondary N) is 1. The molecule has 0 aliphatic carbocycles. The van der Waals surface area contributed by atoms with E-state index in [-0.39, 0.29) is 6.01 Å². The van der Waals surface area contributed by atoms with Crippen molar-refractivity contribution in [3.05, 3.63) is 30.0 Å². The lowest BCUT2D eigenvalue weighted by Crippen LogP contribution is -2.06. The summed E-state index contributed by atoms with van der Waals surface area (Å²) in [6.45, 7) is 0. The largest absolute Gasteiger partial charge is 0.469 e. The molecule has 0 bridgehead atoms. The van der Waals surface area contributed by atoms with E-state index >= 15 is 0 Å². The van der Waals surface area contributed by atoms with Crippen molar-refractivity contribution in [3.8, 4) is 0 Å². The van der Waals surface area contributed by atoms with Gasteiger partial charge in [0.25, 0.3) is 0 Å². The van der Waals surface area contributed by atoms with Gasteiger partial charge in [0.2, 0.25) is 5.89 Å². The van der Waals surface area contributed by atoms with Crippen LogP contribution in [0, 0.1) is 0 Å². The normalized spacial score (nSPS) is 10.4. The lowest BCUT2D eigenvalue weighted by molar-refractivity contribution is 0.471. The van der Waals surface area contributed by atoms with Crippen LogP contribution in [0.15, 0.2) is 27.2 Å². The molecule has 0 aromatic carbocycles. The Labute approximate surface area is 80.1 Å². The first kappa shape index (κ1) is 8.76. The zero-order valence-corrected chi connectivity index (χ0v) is 7.43. The second-order valence-corrected chi connectivity index (χ2v) is 2.72. The first-order chi connectivity index (χ1) is 6.88. The van der Waals surface area contributed by atoms with Crippen molar-refractivity contribution in [2.75, 3.05) is 5.43 Å². The van der Waals surface area contributed by atoms with Crippen LogP contribution in [-0.2, 0) is 12.8 Å². The van der Waals surface area contributed by atoms with Crippen LogP contribution in [-0.4, -0.2) is 10.2 Å². The number of hydrazine groups is 1. The third kappa shape index (κ3) is 1.91. The van der Waals surface area contributed by atoms with Crippen molar-refractivity contribution in [1.29, 1.82) is 0 Å². The first-order valence-corrected chi connectivity index (χ1v) is 4.20. The number of furan rings is 1. The van der Waals surface area contributed by atoms with Gasteiger partial charge < -0.3 is 8.83 Å². The Balaban J connectivity index is 1.92. The molecule has 2 aromatic rings. The number of aromatic nitrogens is 2. The highest BCUT2D eigenvalue weighted by Gasteiger charge is 2.05. The number of hydrogen-bond acceptors (Lipinski definition) is 6. The summed E-state index contributed by atoms with van der Waals surface area (Å²) in [4.78, 5) is 0. The van der Waals surface area contributed by atoms with E-state index in [0.717, 1.165) is 12.2 Å². The van der Waals surface area contributed by atoms with Gasteiger partial charge in [0.15, 0.2) is 0 Å². The topological polar surface area (TPSA) is 90.1 Å². The highest BCUT2D eigenvalue weighted by atomic mass is 16.4. The van der Waals surface area contributed by atoms with Gasteiger partial charge in [-0.15, -0.1) is 5.10 Å². The molecule has 0 unspecified atom stereocenters. The Bertz CT molecular complexity index is 382. The number of hydrogen-bond donors (Lipinski definition) is 2. The van der Waals surface area contributed by atoms with Crippen molar-refractivity contribution in [2.45, 2.75) is 12.8 Å². The van der Waals surface area contributed by atoms with E-state index in [0.29, 0.717) is 12.3 Å². The fraction of sp³-hybridized carbons (Fsp3) is 0.250. The Morgan fingerprint density at radius 3 is 2.93 bits per heavy atom. The Morgan fingerprint density at radius 1 is 1.36 bits per heavy atom. The van der Waals surface area contributed by atoms with E-state index in [1.807, 2.05) is 12.1 Å². The molecule has 14 heavy (non-hydrogen) atoms. The van der Waals surface area contributed by atoms with E-state index in [9.17, 15) is 0 Å². The summed E-state index contributed by atoms with van der Waals surface area (Å²) >= 11 is 0. The minimum atomic E-state index is 0.222. The van der Waals surface area contributed by atoms with Crippen LogP contribution < -0.4 is 11.3 Å². The second kappa shape index (κ2) is 3.93. The van der Waals surface area contributed by atoms with Crippen LogP contribution in [0.3, 0.4) is 0 Å². The van der Waals surface area contributed by atoms with Crippen molar-refractivity contribution >= 4 is 6.01 Å². The lowest BCUT2D eigenvalue weighted by Gasteiger charge is -1.91. The predicted molar refractivity (Wildman–Crippen MR) is 48.2 cm³/mol. The number of rotatable bonds is 4. The molecule has 0 saturated heterocycles. The third-order valence-electron chi connectivity index (χ3n) is 1.76. The summed E-state index contributed by atoms with van der Waals surface area (Å²) in [7, 11) is 0. The first-order valence-electron chi connectivity index (χ1n) is 4.20. The van der Waals surface area contributed by atoms with Crippen LogP contribution in [0.25, 0.3) is 0 Å². The van der Waals surface area contributed by atoms with Crippen molar-refractivity contribution in [1.82, 2.24) is 10.2 Å². The number of anilines is 1. The second-order valence-electron chi connectivity index (χ2n) is 2.72. The van der Waals surface area contributed by atoms with E-state index in [1.165, 1.54) is 0 Å². The smallest absolute Gasteiger partial charge is 0.330 e. The zero-order valence-electron chi connectivity index (χ0n) is 7.43. The molecule has 2 heterocycles. The third-order valence-corrected chi connectivity index (χ3v) is 1.76. The number of nitrogen functional groups attached to an aromatic ring is 1. The van der Waals surface area contributed by atoms with E-state index in [1.54, 1.807) is 6.26 Å². The Morgan fingerprint density at radius 2 is 2.29 bits per heavy atom. The molecule has 0 saturated carbocycles. The molecule has 2 rings (SSSR count). The molecule has 3 N–H and O–H groups in total. The Kier molecular flexibility index (Phi) is 2.46. The van der Waals surface area contributed by atoms with Crippen LogP contribution in [0.5, 0.6) is 0 Å². The summed E-state index contributed by atoms with van der Waals surface area (Å²) in [6.07, 6.45) is 3.01. The molecule has 0 spiro atoms. The summed E-state index contributed by atoms with van der Waals surface area (Å²) in [6, 6.07) is 3.97. The zero-order chi connectivity index (χ0) is 9.80. The summed E-state index contributed by atoms with van der Waals surface area (Å²) in [5, 5.41) is 7.44. The molecule has 0 aliphatic rings. The molecule has 6 heteroatoms. The van der Waals surface area contributed by atoms with Gasteiger partial charge in [-0.05, 0) is 12.1 Å². The number of nitrogens with zero attached hydrogens (tertiary/aromatic N) is 2. The summed E-state index contributed by atoms with van der Waals surface area (Å²) in [5.41, 5.74) is 2.28. The molecule has 74 valence electrons. The Hall–Kier alpha value is -1.82. The van der Waals surface area contributed by atoms with Gasteiger partial charge >= 0.3 is 6.01 Å². The van der Waals surface area contributed by atoms with Gasteiger partial charge in [0.05, 0.1) is 6.26 Å². The van der Waals surface area contributed by atoms with Crippen LogP contribution in [0.1, 0.15) is 11.7 Å². The number of aryl methyl sites for hydroxylation is 2. The lowest BCUT2D eigenvalue weighted by atomic mass is 10.2. The standard InChI is InChI=1S/C8H10N4O2/c9-10-8-12-11-7(14-8)4-3-6-2-1-5-13-6/h1-2,5H,3-4,9H2,(H,10,12). The average molecular weight is 194 g/mol. The highest BCUT2D eigenvalue weighted by molar-refractivity contribution is 5.13. The van der Waals surface area contributed by atoms with Crippen LogP contribution in [0.2, 0.25) is 0 Å². The number of nitrogens with two attached hydrogens (primary N) is 1. The van der Waals surface area contributed by atoms with Crippen LogP contribution in [0.4, 0.5) is 6.01 Å². The predicted octanol–water partition coefficient (Wildman–Crippen LogP) is 0.733. The molecule has 0 atom stereocenters. The van der Waals surface area contributed by atoms with Crippen LogP contribution >= 0.6 is 0 Å². The molecular formula is C8H10N4O2. The molecule has 2 aromatic heterocycles.